The molecule has 1 saturated carbocycles. The molecule has 0 radical (unpaired) electrons. The van der Waals surface area contributed by atoms with Crippen molar-refractivity contribution in [2.45, 2.75) is 78.4 Å². The molecule has 0 spiro atoms. The van der Waals surface area contributed by atoms with Crippen LogP contribution in [0.15, 0.2) is 126 Å². The van der Waals surface area contributed by atoms with Gasteiger partial charge in [-0.25, -0.2) is 39.9 Å². The van der Waals surface area contributed by atoms with E-state index in [4.69, 9.17) is 85.8 Å². The van der Waals surface area contributed by atoms with Gasteiger partial charge in [-0.3, -0.25) is 0 Å². The first kappa shape index (κ1) is 68.4. The van der Waals surface area contributed by atoms with E-state index in [2.05, 4.69) is 141 Å². The number of hydrogen-bond acceptors (Lipinski definition) is 30. The maximum atomic E-state index is 5.98. The van der Waals surface area contributed by atoms with E-state index in [-0.39, 0.29) is 33.8 Å². The van der Waals surface area contributed by atoms with Crippen LogP contribution in [0.25, 0.3) is 50.3 Å². The van der Waals surface area contributed by atoms with Gasteiger partial charge in [-0.15, -0.1) is 0 Å². The molecule has 8 N–H and O–H groups in total. The van der Waals surface area contributed by atoms with Crippen molar-refractivity contribution >= 4 is 132 Å². The summed E-state index contributed by atoms with van der Waals surface area (Å²) in [5.74, 6) is 4.34. The van der Waals surface area contributed by atoms with Crippen LogP contribution in [0.3, 0.4) is 0 Å². The number of aromatic nitrogens is 25. The van der Waals surface area contributed by atoms with Crippen LogP contribution in [0.1, 0.15) is 68.1 Å². The molecule has 40 heteroatoms. The Hall–Kier alpha value is -11.5. The minimum atomic E-state index is 0.0963. The lowest BCUT2D eigenvalue weighted by molar-refractivity contribution is 0.110. The quantitative estimate of drug-likeness (QED) is 0.0231. The number of furan rings is 2. The fraction of sp³-hybridized carbons (Fsp3) is 0.233. The molecule has 0 unspecified atom stereocenters. The average Bonchev–Trinajstić information content (AvgIpc) is 1.69. The predicted octanol–water partition coefficient (Wildman–Crippen LogP) is 11.1. The van der Waals surface area contributed by atoms with E-state index in [1.54, 1.807) is 60.0 Å². The van der Waals surface area contributed by atoms with Crippen molar-refractivity contribution < 1.29 is 27.8 Å². The Morgan fingerprint density at radius 3 is 1.56 bits per heavy atom. The van der Waals surface area contributed by atoms with Gasteiger partial charge in [-0.05, 0) is 121 Å². The largest absolute Gasteiger partial charge is 0.468 e. The van der Waals surface area contributed by atoms with Gasteiger partial charge in [0.1, 0.15) is 76.3 Å². The van der Waals surface area contributed by atoms with Gasteiger partial charge in [-0.1, -0.05) is 18.5 Å². The highest BCUT2D eigenvalue weighted by atomic mass is 35.5. The zero-order valence-corrected chi connectivity index (χ0v) is 56.3. The Labute approximate surface area is 589 Å². The molecule has 0 aliphatic heterocycles. The van der Waals surface area contributed by atoms with E-state index in [0.29, 0.717) is 142 Å². The summed E-state index contributed by atoms with van der Waals surface area (Å²) in [5, 5.41) is 17.7. The number of H-pyrrole nitrogens is 4. The number of rotatable bonds is 22. The van der Waals surface area contributed by atoms with Gasteiger partial charge in [0.05, 0.1) is 81.5 Å². The summed E-state index contributed by atoms with van der Waals surface area (Å²) in [6.45, 7) is 7.27. The minimum Gasteiger partial charge on any atom is -0.468 e. The van der Waals surface area contributed by atoms with E-state index in [1.165, 1.54) is 31.7 Å². The first-order valence-electron chi connectivity index (χ1n) is 30.4. The standard InChI is InChI=1S/C14H14ClN7O.C13H14ClN7O.C12H12ClN7O.C11H9ClN4O.C10H7ClN4O2/c15-13-20-11(17-6-8-4-5-16-7-18-8)10-12(21-13)22-14(19-10)23-9-2-1-3-9;1-2-5-22-13-18-9-10(19-12(14)20-11(9)21-13)16-6-8-3-4-15-7-17-8;1-2-21-12-17-8-9(18-11(13)19-10(8)20-12)15-5-7-3-4-14-6-16-7;12-9-6-11(13-7-8-2-1-5-17-8)16-10(15-9)3-4-14-16;11-10-14-8-7(12-5-13-8)9(15-10)17-4-6-2-1-3-16-6/h4-5,7,9H,1-3,6H2,(H2,17,19,20,21,22);3-4,7H,2,5-6H2,1H3,(H2,16,18,19,20,21);3-4,6H,2,5H2,1H3,(H2,15,17,18,19,20);1-6,13H,7H2;1-3,5H,4H2,(H,12,13,14,15). The normalized spacial score (nSPS) is 11.7. The van der Waals surface area contributed by atoms with Crippen molar-refractivity contribution in [2.75, 3.05) is 34.5 Å². The lowest BCUT2D eigenvalue weighted by Crippen LogP contribution is -2.24. The highest BCUT2D eigenvalue weighted by Gasteiger charge is 2.23. The number of hydrogen-bond donors (Lipinski definition) is 8. The summed E-state index contributed by atoms with van der Waals surface area (Å²) in [7, 11) is 0. The molecule has 0 atom stereocenters. The molecular weight excluding hydrogens is 1400 g/mol. The van der Waals surface area contributed by atoms with Crippen LogP contribution in [0.4, 0.5) is 23.3 Å². The smallest absolute Gasteiger partial charge is 0.296 e. The molecule has 15 aromatic rings. The van der Waals surface area contributed by atoms with Crippen LogP contribution >= 0.6 is 58.0 Å². The van der Waals surface area contributed by atoms with E-state index in [0.717, 1.165) is 47.9 Å². The molecule has 1 fully saturated rings. The Kier molecular flexibility index (Phi) is 23.0. The maximum absolute atomic E-state index is 5.98. The monoisotopic (exact) mass is 1450 g/mol. The number of nitrogens with zero attached hydrogens (tertiary/aromatic N) is 21. The number of anilines is 4. The summed E-state index contributed by atoms with van der Waals surface area (Å²) in [6, 6.07) is 17.6. The summed E-state index contributed by atoms with van der Waals surface area (Å²) < 4.78 is 34.1. The van der Waals surface area contributed by atoms with Crippen LogP contribution in [-0.4, -0.2) is 144 Å². The SMILES string of the molecule is CCCOc1nc2nc(Cl)nc(NCc3ccncn3)c2[nH]1.CCOc1nc2nc(Cl)nc(NCc3ccncn3)c2[nH]1.Clc1cc(NCc2ccco2)n2nccc2n1.Clc1nc(NCc2ccncn2)c2[nH]c(OC3CCC3)nc2n1.Clc1nc(OCc2ccco2)c2[nH]cnc2n1. The van der Waals surface area contributed by atoms with Crippen molar-refractivity contribution in [1.29, 1.82) is 0 Å². The summed E-state index contributed by atoms with van der Waals surface area (Å²) in [5.41, 5.74) is 7.62. The molecular formula is C60H56Cl5N29O6. The molecule has 35 nitrogen and oxygen atoms in total. The van der Waals surface area contributed by atoms with Crippen LogP contribution in [0, 0.1) is 0 Å². The second kappa shape index (κ2) is 33.6. The second-order valence-corrected chi connectivity index (χ2v) is 22.4. The van der Waals surface area contributed by atoms with Gasteiger partial charge in [0.2, 0.25) is 27.0 Å². The highest BCUT2D eigenvalue weighted by molar-refractivity contribution is 6.30. The number of imidazole rings is 4. The van der Waals surface area contributed by atoms with Gasteiger partial charge < -0.3 is 69.0 Å². The third kappa shape index (κ3) is 18.6. The predicted molar refractivity (Wildman–Crippen MR) is 367 cm³/mol. The van der Waals surface area contributed by atoms with Gasteiger partial charge in [0.25, 0.3) is 18.0 Å². The molecule has 0 bridgehead atoms. The first-order valence-corrected chi connectivity index (χ1v) is 32.3. The second-order valence-electron chi connectivity index (χ2n) is 20.6. The minimum absolute atomic E-state index is 0.0963. The van der Waals surface area contributed by atoms with Crippen molar-refractivity contribution in [3.8, 4) is 23.9 Å². The number of nitrogens with one attached hydrogen (secondary N) is 8. The first-order chi connectivity index (χ1) is 48.9. The molecule has 0 amide bonds. The van der Waals surface area contributed by atoms with Crippen molar-refractivity contribution in [1.82, 2.24) is 124 Å². The van der Waals surface area contributed by atoms with E-state index in [1.807, 2.05) is 50.2 Å². The van der Waals surface area contributed by atoms with Crippen molar-refractivity contribution in [3.63, 3.8) is 0 Å². The zero-order chi connectivity index (χ0) is 69.0. The number of fused-ring (bicyclic) bond motifs is 5. The Morgan fingerprint density at radius 2 is 1.05 bits per heavy atom. The van der Waals surface area contributed by atoms with Gasteiger partial charge in [-0.2, -0.15) is 64.4 Å². The molecule has 15 aromatic heterocycles. The van der Waals surface area contributed by atoms with Crippen LogP contribution < -0.4 is 40.2 Å². The zero-order valence-electron chi connectivity index (χ0n) is 52.6. The Balaban J connectivity index is 0.000000119. The lowest BCUT2D eigenvalue weighted by atomic mass is 9.96. The van der Waals surface area contributed by atoms with Crippen molar-refractivity contribution in [2.24, 2.45) is 0 Å². The molecule has 0 aromatic carbocycles. The summed E-state index contributed by atoms with van der Waals surface area (Å²) >= 11 is 29.5. The summed E-state index contributed by atoms with van der Waals surface area (Å²) in [4.78, 5) is 89.8. The molecule has 1 aliphatic rings. The van der Waals surface area contributed by atoms with Crippen LogP contribution in [0.2, 0.25) is 26.3 Å². The fourth-order valence-electron chi connectivity index (χ4n) is 8.92. The van der Waals surface area contributed by atoms with Crippen LogP contribution in [-0.2, 0) is 32.8 Å². The van der Waals surface area contributed by atoms with Crippen LogP contribution in [0.5, 0.6) is 23.9 Å². The molecule has 15 heterocycles. The Bertz CT molecular complexity index is 4940. The molecule has 512 valence electrons. The molecule has 16 rings (SSSR count). The fourth-order valence-corrected chi connectivity index (χ4v) is 9.76. The lowest BCUT2D eigenvalue weighted by Gasteiger charge is -2.24. The third-order valence-electron chi connectivity index (χ3n) is 13.7. The maximum Gasteiger partial charge on any atom is 0.296 e. The molecule has 1 aliphatic carbocycles. The molecule has 0 saturated heterocycles. The Morgan fingerprint density at radius 1 is 0.520 bits per heavy atom. The number of aromatic amines is 4. The van der Waals surface area contributed by atoms with Gasteiger partial charge >= 0.3 is 0 Å². The van der Waals surface area contributed by atoms with E-state index in [9.17, 15) is 0 Å². The molecule has 100 heavy (non-hydrogen) atoms. The number of halogens is 5. The van der Waals surface area contributed by atoms with E-state index < -0.39 is 0 Å². The van der Waals surface area contributed by atoms with Gasteiger partial charge in [0.15, 0.2) is 45.7 Å². The van der Waals surface area contributed by atoms with E-state index >= 15 is 0 Å². The van der Waals surface area contributed by atoms with Gasteiger partial charge in [0, 0.05) is 30.7 Å². The average molecular weight is 1460 g/mol. The third-order valence-corrected chi connectivity index (χ3v) is 14.6. The highest BCUT2D eigenvalue weighted by Crippen LogP contribution is 2.29. The summed E-state index contributed by atoms with van der Waals surface area (Å²) in [6.07, 6.45) is 20.4. The number of ether oxygens (including phenoxy) is 4. The van der Waals surface area contributed by atoms with Crippen molar-refractivity contribution in [3.05, 3.63) is 172 Å². The topological polar surface area (TPSA) is 437 Å².